The van der Waals surface area contributed by atoms with Gasteiger partial charge in [-0.3, -0.25) is 9.48 Å². The van der Waals surface area contributed by atoms with Crippen molar-refractivity contribution >= 4 is 5.97 Å². The predicted molar refractivity (Wildman–Crippen MR) is 55.7 cm³/mol. The summed E-state index contributed by atoms with van der Waals surface area (Å²) < 4.78 is 1.93. The summed E-state index contributed by atoms with van der Waals surface area (Å²) in [5.41, 5.74) is 2.36. The first-order chi connectivity index (χ1) is 7.22. The smallest absolute Gasteiger partial charge is 0.306 e. The zero-order valence-electron chi connectivity index (χ0n) is 8.94. The molecule has 0 bridgehead atoms. The Balaban J connectivity index is 2.29. The molecule has 1 N–H and O–H groups in total. The van der Waals surface area contributed by atoms with Crippen LogP contribution in [0, 0.1) is 5.92 Å². The lowest BCUT2D eigenvalue weighted by molar-refractivity contribution is -0.141. The molecule has 0 saturated carbocycles. The van der Waals surface area contributed by atoms with Crippen molar-refractivity contribution in [2.24, 2.45) is 5.92 Å². The number of aliphatic carboxylic acids is 1. The molecule has 1 aliphatic rings. The van der Waals surface area contributed by atoms with Crippen LogP contribution in [0.1, 0.15) is 31.0 Å². The van der Waals surface area contributed by atoms with Gasteiger partial charge in [0.2, 0.25) is 0 Å². The Morgan fingerprint density at radius 1 is 1.73 bits per heavy atom. The summed E-state index contributed by atoms with van der Waals surface area (Å²) in [7, 11) is 0. The van der Waals surface area contributed by atoms with Crippen LogP contribution in [0.3, 0.4) is 0 Å². The van der Waals surface area contributed by atoms with E-state index in [9.17, 15) is 4.79 Å². The van der Waals surface area contributed by atoms with Crippen LogP contribution in [0.25, 0.3) is 0 Å². The molecular formula is C11H16N2O2. The molecule has 0 fully saturated rings. The van der Waals surface area contributed by atoms with Crippen molar-refractivity contribution in [2.45, 2.75) is 39.2 Å². The van der Waals surface area contributed by atoms with Crippen LogP contribution in [0.15, 0.2) is 6.20 Å². The van der Waals surface area contributed by atoms with E-state index in [1.54, 1.807) is 0 Å². The average molecular weight is 208 g/mol. The molecule has 1 heterocycles. The number of rotatable bonds is 2. The summed E-state index contributed by atoms with van der Waals surface area (Å²) >= 11 is 0. The summed E-state index contributed by atoms with van der Waals surface area (Å²) in [6.07, 6.45) is 5.24. The lowest BCUT2D eigenvalue weighted by atomic mass is 10.0. The highest BCUT2D eigenvalue weighted by Gasteiger charge is 2.24. The summed E-state index contributed by atoms with van der Waals surface area (Å²) in [5.74, 6) is -0.903. The van der Waals surface area contributed by atoms with Gasteiger partial charge >= 0.3 is 5.97 Å². The van der Waals surface area contributed by atoms with E-state index in [1.165, 1.54) is 5.56 Å². The minimum atomic E-state index is -0.674. The Labute approximate surface area is 88.9 Å². The van der Waals surface area contributed by atoms with E-state index in [0.29, 0.717) is 6.42 Å². The molecule has 4 nitrogen and oxygen atoms in total. The molecule has 15 heavy (non-hydrogen) atoms. The molecular weight excluding hydrogens is 192 g/mol. The van der Waals surface area contributed by atoms with Crippen molar-refractivity contribution < 1.29 is 9.90 Å². The van der Waals surface area contributed by atoms with Crippen LogP contribution in [0.2, 0.25) is 0 Å². The van der Waals surface area contributed by atoms with E-state index in [4.69, 9.17) is 5.11 Å². The van der Waals surface area contributed by atoms with Gasteiger partial charge in [0.25, 0.3) is 0 Å². The highest BCUT2D eigenvalue weighted by Crippen LogP contribution is 2.24. The van der Waals surface area contributed by atoms with Crippen LogP contribution in [0.5, 0.6) is 0 Å². The number of hydrogen-bond acceptors (Lipinski definition) is 2. The zero-order valence-corrected chi connectivity index (χ0v) is 8.94. The number of fused-ring (bicyclic) bond motifs is 1. The van der Waals surface area contributed by atoms with Gasteiger partial charge in [-0.25, -0.2) is 0 Å². The van der Waals surface area contributed by atoms with Crippen molar-refractivity contribution in [2.75, 3.05) is 0 Å². The molecule has 4 heteroatoms. The standard InChI is InChI=1S/C11H16N2O2/c1-2-13-10-6-8(11(14)15)4-3-5-9(10)7-12-13/h7-8H,2-6H2,1H3,(H,14,15)/t8-/m1/s1. The Morgan fingerprint density at radius 3 is 3.20 bits per heavy atom. The topological polar surface area (TPSA) is 55.1 Å². The van der Waals surface area contributed by atoms with Gasteiger partial charge in [0.05, 0.1) is 12.1 Å². The fourth-order valence-corrected chi connectivity index (χ4v) is 2.25. The van der Waals surface area contributed by atoms with Gasteiger partial charge in [-0.2, -0.15) is 5.10 Å². The van der Waals surface area contributed by atoms with E-state index < -0.39 is 5.97 Å². The molecule has 0 radical (unpaired) electrons. The average Bonchev–Trinajstić information content (AvgIpc) is 2.46. The Hall–Kier alpha value is -1.32. The van der Waals surface area contributed by atoms with Crippen molar-refractivity contribution in [3.05, 3.63) is 17.5 Å². The highest BCUT2D eigenvalue weighted by molar-refractivity contribution is 5.70. The molecule has 0 saturated heterocycles. The molecule has 1 aromatic rings. The normalized spacial score (nSPS) is 20.7. The van der Waals surface area contributed by atoms with Crippen molar-refractivity contribution in [1.29, 1.82) is 0 Å². The largest absolute Gasteiger partial charge is 0.481 e. The molecule has 0 unspecified atom stereocenters. The van der Waals surface area contributed by atoms with Crippen LogP contribution < -0.4 is 0 Å². The number of nitrogens with zero attached hydrogens (tertiary/aromatic N) is 2. The van der Waals surface area contributed by atoms with Crippen LogP contribution in [0.4, 0.5) is 0 Å². The fraction of sp³-hybridized carbons (Fsp3) is 0.636. The maximum atomic E-state index is 11.0. The second kappa shape index (κ2) is 4.04. The fourth-order valence-electron chi connectivity index (χ4n) is 2.25. The Morgan fingerprint density at radius 2 is 2.53 bits per heavy atom. The number of carbonyl (C=O) groups is 1. The monoisotopic (exact) mass is 208 g/mol. The number of carboxylic acids is 1. The summed E-state index contributed by atoms with van der Waals surface area (Å²) in [6.45, 7) is 2.86. The van der Waals surface area contributed by atoms with Gasteiger partial charge in [-0.15, -0.1) is 0 Å². The molecule has 1 aliphatic carbocycles. The van der Waals surface area contributed by atoms with Gasteiger partial charge in [-0.05, 0) is 31.7 Å². The Kier molecular flexibility index (Phi) is 2.75. The molecule has 2 rings (SSSR count). The Bertz CT molecular complexity index is 371. The summed E-state index contributed by atoms with van der Waals surface area (Å²) in [6, 6.07) is 0. The van der Waals surface area contributed by atoms with E-state index in [2.05, 4.69) is 5.10 Å². The first-order valence-corrected chi connectivity index (χ1v) is 5.48. The van der Waals surface area contributed by atoms with Crippen LogP contribution in [-0.2, 0) is 24.2 Å². The van der Waals surface area contributed by atoms with Crippen molar-refractivity contribution in [1.82, 2.24) is 9.78 Å². The summed E-state index contributed by atoms with van der Waals surface area (Å²) in [4.78, 5) is 11.0. The first-order valence-electron chi connectivity index (χ1n) is 5.48. The third-order valence-electron chi connectivity index (χ3n) is 3.12. The molecule has 0 aliphatic heterocycles. The number of hydrogen-bond donors (Lipinski definition) is 1. The summed E-state index contributed by atoms with van der Waals surface area (Å²) in [5, 5.41) is 13.3. The number of aryl methyl sites for hydroxylation is 2. The third-order valence-corrected chi connectivity index (χ3v) is 3.12. The van der Waals surface area contributed by atoms with Gasteiger partial charge in [0, 0.05) is 18.7 Å². The van der Waals surface area contributed by atoms with Gasteiger partial charge in [0.1, 0.15) is 0 Å². The molecule has 1 atom stereocenters. The van der Waals surface area contributed by atoms with Crippen molar-refractivity contribution in [3.63, 3.8) is 0 Å². The van der Waals surface area contributed by atoms with Gasteiger partial charge in [0.15, 0.2) is 0 Å². The molecule has 0 spiro atoms. The predicted octanol–water partition coefficient (Wildman–Crippen LogP) is 1.48. The van der Waals surface area contributed by atoms with E-state index >= 15 is 0 Å². The first kappa shape index (κ1) is 10.2. The number of aromatic nitrogens is 2. The molecule has 82 valence electrons. The molecule has 0 aromatic carbocycles. The van der Waals surface area contributed by atoms with Gasteiger partial charge in [-0.1, -0.05) is 0 Å². The maximum Gasteiger partial charge on any atom is 0.306 e. The van der Waals surface area contributed by atoms with Crippen molar-refractivity contribution in [3.8, 4) is 0 Å². The third kappa shape index (κ3) is 1.89. The highest BCUT2D eigenvalue weighted by atomic mass is 16.4. The second-order valence-corrected chi connectivity index (χ2v) is 4.06. The molecule has 1 aromatic heterocycles. The minimum absolute atomic E-state index is 0.228. The SMILES string of the molecule is CCn1ncc2c1C[C@H](C(=O)O)CCC2. The van der Waals surface area contributed by atoms with Crippen LogP contribution >= 0.6 is 0 Å². The lowest BCUT2D eigenvalue weighted by Gasteiger charge is -2.10. The maximum absolute atomic E-state index is 11.0. The second-order valence-electron chi connectivity index (χ2n) is 4.06. The van der Waals surface area contributed by atoms with Gasteiger partial charge < -0.3 is 5.11 Å². The quantitative estimate of drug-likeness (QED) is 0.749. The van der Waals surface area contributed by atoms with E-state index in [0.717, 1.165) is 31.5 Å². The number of carboxylic acid groups (broad SMARTS) is 1. The zero-order chi connectivity index (χ0) is 10.8. The van der Waals surface area contributed by atoms with Crippen LogP contribution in [-0.4, -0.2) is 20.9 Å². The lowest BCUT2D eigenvalue weighted by Crippen LogP contribution is -2.17. The minimum Gasteiger partial charge on any atom is -0.481 e. The van der Waals surface area contributed by atoms with E-state index in [1.807, 2.05) is 17.8 Å². The molecule has 0 amide bonds. The van der Waals surface area contributed by atoms with E-state index in [-0.39, 0.29) is 5.92 Å².